The molecule has 21 heavy (non-hydrogen) atoms. The molecule has 1 fully saturated rings. The molecule has 0 aliphatic carbocycles. The Kier molecular flexibility index (Phi) is 4.43. The number of likely N-dealkylation sites (tertiary alicyclic amines) is 1. The van der Waals surface area contributed by atoms with Crippen LogP contribution in [-0.4, -0.2) is 35.8 Å². The van der Waals surface area contributed by atoms with Crippen molar-refractivity contribution in [2.45, 2.75) is 32.5 Å². The van der Waals surface area contributed by atoms with E-state index in [4.69, 9.17) is 14.7 Å². The Morgan fingerprint density at radius 1 is 1.43 bits per heavy atom. The van der Waals surface area contributed by atoms with E-state index < -0.39 is 5.60 Å². The van der Waals surface area contributed by atoms with Crippen molar-refractivity contribution in [3.63, 3.8) is 0 Å². The number of benzene rings is 1. The molecule has 0 radical (unpaired) electrons. The van der Waals surface area contributed by atoms with Crippen LogP contribution in [0.15, 0.2) is 22.7 Å². The van der Waals surface area contributed by atoms with Gasteiger partial charge in [0.2, 0.25) is 0 Å². The first-order chi connectivity index (χ1) is 9.78. The number of amides is 1. The summed E-state index contributed by atoms with van der Waals surface area (Å²) in [5.74, 6) is 0.669. The summed E-state index contributed by atoms with van der Waals surface area (Å²) >= 11 is 3.37. The third kappa shape index (κ3) is 4.11. The summed E-state index contributed by atoms with van der Waals surface area (Å²) < 4.78 is 11.8. The quantitative estimate of drug-likeness (QED) is 0.818. The molecule has 1 aliphatic rings. The molecule has 112 valence electrons. The third-order valence-corrected chi connectivity index (χ3v) is 3.47. The van der Waals surface area contributed by atoms with Crippen LogP contribution < -0.4 is 4.74 Å². The second-order valence-corrected chi connectivity index (χ2v) is 6.74. The van der Waals surface area contributed by atoms with Crippen LogP contribution in [0.4, 0.5) is 4.79 Å². The Labute approximate surface area is 132 Å². The molecule has 0 bridgehead atoms. The van der Waals surface area contributed by atoms with E-state index in [1.54, 1.807) is 23.1 Å². The maximum Gasteiger partial charge on any atom is 0.410 e. The van der Waals surface area contributed by atoms with E-state index in [0.29, 0.717) is 24.4 Å². The van der Waals surface area contributed by atoms with E-state index in [1.807, 2.05) is 20.8 Å². The zero-order chi connectivity index (χ0) is 15.6. The van der Waals surface area contributed by atoms with Gasteiger partial charge < -0.3 is 14.4 Å². The van der Waals surface area contributed by atoms with E-state index >= 15 is 0 Å². The molecule has 2 rings (SSSR count). The monoisotopic (exact) mass is 352 g/mol. The summed E-state index contributed by atoms with van der Waals surface area (Å²) in [4.78, 5) is 13.4. The molecule has 0 aromatic heterocycles. The number of ether oxygens (including phenoxy) is 2. The molecule has 1 aromatic carbocycles. The molecule has 1 aliphatic heterocycles. The molecule has 0 N–H and O–H groups in total. The molecule has 5 nitrogen and oxygen atoms in total. The number of nitriles is 1. The van der Waals surface area contributed by atoms with Crippen molar-refractivity contribution in [2.75, 3.05) is 13.1 Å². The molecular weight excluding hydrogens is 336 g/mol. The Morgan fingerprint density at radius 3 is 2.62 bits per heavy atom. The third-order valence-electron chi connectivity index (χ3n) is 2.85. The largest absolute Gasteiger partial charge is 0.486 e. The van der Waals surface area contributed by atoms with Gasteiger partial charge in [0.1, 0.15) is 17.5 Å². The van der Waals surface area contributed by atoms with Gasteiger partial charge in [0.15, 0.2) is 0 Å². The van der Waals surface area contributed by atoms with E-state index in [0.717, 1.165) is 4.47 Å². The Hall–Kier alpha value is -1.74. The molecule has 0 saturated carbocycles. The summed E-state index contributed by atoms with van der Waals surface area (Å²) in [6, 6.07) is 7.22. The fourth-order valence-corrected chi connectivity index (χ4v) is 2.31. The Bertz CT molecular complexity index is 584. The van der Waals surface area contributed by atoms with E-state index in [-0.39, 0.29) is 12.2 Å². The van der Waals surface area contributed by atoms with Gasteiger partial charge in [-0.3, -0.25) is 0 Å². The van der Waals surface area contributed by atoms with Crippen molar-refractivity contribution in [1.29, 1.82) is 5.26 Å². The highest BCUT2D eigenvalue weighted by Gasteiger charge is 2.35. The zero-order valence-corrected chi connectivity index (χ0v) is 13.8. The molecule has 0 spiro atoms. The highest BCUT2D eigenvalue weighted by molar-refractivity contribution is 9.10. The topological polar surface area (TPSA) is 62.6 Å². The summed E-state index contributed by atoms with van der Waals surface area (Å²) in [5.41, 5.74) is 0.0809. The maximum absolute atomic E-state index is 11.8. The number of rotatable bonds is 2. The van der Waals surface area contributed by atoms with Crippen molar-refractivity contribution < 1.29 is 14.3 Å². The van der Waals surface area contributed by atoms with E-state index in [1.165, 1.54) is 0 Å². The van der Waals surface area contributed by atoms with Crippen LogP contribution in [0.5, 0.6) is 5.75 Å². The van der Waals surface area contributed by atoms with Crippen molar-refractivity contribution in [1.82, 2.24) is 4.90 Å². The smallest absolute Gasteiger partial charge is 0.410 e. The summed E-state index contributed by atoms with van der Waals surface area (Å²) in [5, 5.41) is 8.81. The van der Waals surface area contributed by atoms with E-state index in [2.05, 4.69) is 22.0 Å². The van der Waals surface area contributed by atoms with Gasteiger partial charge in [-0.1, -0.05) is 0 Å². The van der Waals surface area contributed by atoms with Crippen LogP contribution in [0, 0.1) is 11.3 Å². The minimum absolute atomic E-state index is 0.0539. The average molecular weight is 353 g/mol. The van der Waals surface area contributed by atoms with Crippen LogP contribution in [0.25, 0.3) is 0 Å². The number of hydrogen-bond donors (Lipinski definition) is 0. The molecule has 1 saturated heterocycles. The highest BCUT2D eigenvalue weighted by atomic mass is 79.9. The highest BCUT2D eigenvalue weighted by Crippen LogP contribution is 2.28. The van der Waals surface area contributed by atoms with Crippen molar-refractivity contribution in [2.24, 2.45) is 0 Å². The molecule has 1 amide bonds. The number of carbonyl (C=O) groups excluding carboxylic acids is 1. The van der Waals surface area contributed by atoms with Crippen molar-refractivity contribution in [3.05, 3.63) is 28.2 Å². The minimum Gasteiger partial charge on any atom is -0.486 e. The van der Waals surface area contributed by atoms with Gasteiger partial charge in [-0.05, 0) is 54.9 Å². The number of carbonyl (C=O) groups is 1. The van der Waals surface area contributed by atoms with Gasteiger partial charge in [-0.15, -0.1) is 0 Å². The lowest BCUT2D eigenvalue weighted by Gasteiger charge is -2.39. The van der Waals surface area contributed by atoms with Crippen LogP contribution in [-0.2, 0) is 4.74 Å². The molecule has 1 aromatic rings. The lowest BCUT2D eigenvalue weighted by atomic mass is 10.1. The van der Waals surface area contributed by atoms with Crippen LogP contribution in [0.3, 0.4) is 0 Å². The number of hydrogen-bond acceptors (Lipinski definition) is 4. The Morgan fingerprint density at radius 2 is 2.10 bits per heavy atom. The predicted molar refractivity (Wildman–Crippen MR) is 81.1 cm³/mol. The van der Waals surface area contributed by atoms with Crippen LogP contribution in [0.1, 0.15) is 26.3 Å². The van der Waals surface area contributed by atoms with Gasteiger partial charge >= 0.3 is 6.09 Å². The number of nitrogens with zero attached hydrogens (tertiary/aromatic N) is 2. The SMILES string of the molecule is CC(C)(C)OC(=O)N1CC(Oc2ccc(C#N)cc2Br)C1. The fourth-order valence-electron chi connectivity index (χ4n) is 1.83. The molecule has 1 heterocycles. The second-order valence-electron chi connectivity index (χ2n) is 5.88. The van der Waals surface area contributed by atoms with Crippen molar-refractivity contribution >= 4 is 22.0 Å². The Balaban J connectivity index is 1.86. The zero-order valence-electron chi connectivity index (χ0n) is 12.2. The van der Waals surface area contributed by atoms with Gasteiger partial charge in [0.05, 0.1) is 29.2 Å². The first kappa shape index (κ1) is 15.6. The second kappa shape index (κ2) is 5.94. The molecular formula is C15H17BrN2O3. The van der Waals surface area contributed by atoms with Gasteiger partial charge in [0.25, 0.3) is 0 Å². The van der Waals surface area contributed by atoms with Gasteiger partial charge in [-0.25, -0.2) is 4.79 Å². The van der Waals surface area contributed by atoms with Crippen LogP contribution in [0.2, 0.25) is 0 Å². The normalized spacial score (nSPS) is 15.1. The summed E-state index contributed by atoms with van der Waals surface area (Å²) in [6.45, 7) is 6.52. The maximum atomic E-state index is 11.8. The molecule has 0 atom stereocenters. The predicted octanol–water partition coefficient (Wildman–Crippen LogP) is 3.32. The molecule has 0 unspecified atom stereocenters. The standard InChI is InChI=1S/C15H17BrN2O3/c1-15(2,3)21-14(19)18-8-11(9-18)20-13-5-4-10(7-17)6-12(13)16/h4-6,11H,8-9H2,1-3H3. The summed E-state index contributed by atoms with van der Waals surface area (Å²) in [6.07, 6.45) is -0.372. The first-order valence-electron chi connectivity index (χ1n) is 6.63. The van der Waals surface area contributed by atoms with E-state index in [9.17, 15) is 4.79 Å². The van der Waals surface area contributed by atoms with Crippen molar-refractivity contribution in [3.8, 4) is 11.8 Å². The molecule has 6 heteroatoms. The fraction of sp³-hybridized carbons (Fsp3) is 0.467. The van der Waals surface area contributed by atoms with Gasteiger partial charge in [0, 0.05) is 0 Å². The lowest BCUT2D eigenvalue weighted by molar-refractivity contribution is -0.0223. The lowest BCUT2D eigenvalue weighted by Crippen LogP contribution is -2.57. The minimum atomic E-state index is -0.487. The van der Waals surface area contributed by atoms with Gasteiger partial charge in [-0.2, -0.15) is 5.26 Å². The first-order valence-corrected chi connectivity index (χ1v) is 7.42. The van der Waals surface area contributed by atoms with Crippen LogP contribution >= 0.6 is 15.9 Å². The number of halogens is 1. The average Bonchev–Trinajstić information content (AvgIpc) is 2.32. The summed E-state index contributed by atoms with van der Waals surface area (Å²) in [7, 11) is 0.